The zero-order valence-electron chi connectivity index (χ0n) is 11.4. The van der Waals surface area contributed by atoms with Gasteiger partial charge in [0.2, 0.25) is 0 Å². The Kier molecular flexibility index (Phi) is 3.34. The minimum atomic E-state index is 0.446. The zero-order valence-corrected chi connectivity index (χ0v) is 11.4. The van der Waals surface area contributed by atoms with Crippen LogP contribution in [0.1, 0.15) is 24.6 Å². The van der Waals surface area contributed by atoms with Crippen LogP contribution in [-0.2, 0) is 0 Å². The summed E-state index contributed by atoms with van der Waals surface area (Å²) in [6, 6.07) is 8.50. The van der Waals surface area contributed by atoms with Crippen LogP contribution in [0.4, 0.5) is 0 Å². The molecular weight excluding hydrogens is 248 g/mol. The van der Waals surface area contributed by atoms with E-state index in [-0.39, 0.29) is 0 Å². The van der Waals surface area contributed by atoms with E-state index in [1.807, 2.05) is 48.1 Å². The molecule has 2 aromatic rings. The highest BCUT2D eigenvalue weighted by atomic mass is 15.3. The van der Waals surface area contributed by atoms with E-state index < -0.39 is 0 Å². The van der Waals surface area contributed by atoms with E-state index in [1.165, 1.54) is 0 Å². The number of pyridine rings is 1. The van der Waals surface area contributed by atoms with Crippen molar-refractivity contribution in [2.45, 2.75) is 25.8 Å². The number of aryl methyl sites for hydroxylation is 1. The van der Waals surface area contributed by atoms with Gasteiger partial charge < -0.3 is 0 Å². The average molecular weight is 264 g/mol. The van der Waals surface area contributed by atoms with Crippen LogP contribution < -0.4 is 0 Å². The van der Waals surface area contributed by atoms with Gasteiger partial charge in [-0.15, -0.1) is 0 Å². The number of hydrogen-bond acceptors (Lipinski definition) is 3. The summed E-state index contributed by atoms with van der Waals surface area (Å²) in [7, 11) is 0. The fraction of sp³-hybridized carbons (Fsp3) is 0.312. The molecule has 4 nitrogen and oxygen atoms in total. The summed E-state index contributed by atoms with van der Waals surface area (Å²) in [5.41, 5.74) is 3.04. The molecule has 2 aromatic heterocycles. The maximum absolute atomic E-state index is 8.51. The molecule has 1 aliphatic carbocycles. The van der Waals surface area contributed by atoms with Gasteiger partial charge >= 0.3 is 0 Å². The average Bonchev–Trinajstić information content (AvgIpc) is 2.86. The molecule has 0 amide bonds. The number of nitrogens with zero attached hydrogens (tertiary/aromatic N) is 4. The molecule has 0 N–H and O–H groups in total. The van der Waals surface area contributed by atoms with Crippen LogP contribution in [0.25, 0.3) is 11.3 Å². The summed E-state index contributed by atoms with van der Waals surface area (Å²) in [6.07, 6.45) is 9.62. The summed E-state index contributed by atoms with van der Waals surface area (Å²) in [5, 5.41) is 13.0. The van der Waals surface area contributed by atoms with Gasteiger partial charge in [0.1, 0.15) is 0 Å². The monoisotopic (exact) mass is 264 g/mol. The topological polar surface area (TPSA) is 54.5 Å². The third kappa shape index (κ3) is 2.48. The largest absolute Gasteiger partial charge is 0.269 e. The smallest absolute Gasteiger partial charge is 0.0908 e. The predicted octanol–water partition coefficient (Wildman–Crippen LogP) is 3.28. The molecule has 0 bridgehead atoms. The van der Waals surface area contributed by atoms with Gasteiger partial charge in [0.15, 0.2) is 0 Å². The van der Waals surface area contributed by atoms with Crippen molar-refractivity contribution in [3.8, 4) is 17.3 Å². The molecule has 4 heteroatoms. The minimum absolute atomic E-state index is 0.446. The van der Waals surface area contributed by atoms with Crippen LogP contribution in [0.3, 0.4) is 0 Å². The fourth-order valence-electron chi connectivity index (χ4n) is 2.56. The summed E-state index contributed by atoms with van der Waals surface area (Å²) in [4.78, 5) is 4.51. The molecule has 0 spiro atoms. The molecule has 1 saturated carbocycles. The van der Waals surface area contributed by atoms with Gasteiger partial charge in [-0.05, 0) is 37.8 Å². The Labute approximate surface area is 118 Å². The second kappa shape index (κ2) is 5.30. The van der Waals surface area contributed by atoms with E-state index in [2.05, 4.69) is 16.3 Å². The van der Waals surface area contributed by atoms with Crippen molar-refractivity contribution in [3.63, 3.8) is 0 Å². The Hall–Kier alpha value is -2.41. The van der Waals surface area contributed by atoms with E-state index in [4.69, 9.17) is 5.26 Å². The Bertz CT molecular complexity index is 672. The standard InChI is InChI=1S/C16H16N4/c1-12-4-2-6-16(19-12)14-10-18-20(11-14)15-8-13(9-15)5-3-7-17/h2-6,10-11,13,15H,8-9H2,1H3/b5-3+. The Morgan fingerprint density at radius 2 is 2.25 bits per heavy atom. The molecule has 0 atom stereocenters. The van der Waals surface area contributed by atoms with Gasteiger partial charge in [-0.1, -0.05) is 12.1 Å². The second-order valence-electron chi connectivity index (χ2n) is 5.25. The van der Waals surface area contributed by atoms with Gasteiger partial charge in [-0.3, -0.25) is 9.67 Å². The molecule has 0 aromatic carbocycles. The minimum Gasteiger partial charge on any atom is -0.269 e. The predicted molar refractivity (Wildman–Crippen MR) is 76.7 cm³/mol. The number of rotatable bonds is 3. The Morgan fingerprint density at radius 3 is 3.00 bits per heavy atom. The number of hydrogen-bond donors (Lipinski definition) is 0. The highest BCUT2D eigenvalue weighted by Gasteiger charge is 2.29. The lowest BCUT2D eigenvalue weighted by molar-refractivity contribution is 0.224. The third-order valence-electron chi connectivity index (χ3n) is 3.75. The quantitative estimate of drug-likeness (QED) is 0.799. The Morgan fingerprint density at radius 1 is 1.40 bits per heavy atom. The highest BCUT2D eigenvalue weighted by Crippen LogP contribution is 2.38. The highest BCUT2D eigenvalue weighted by molar-refractivity contribution is 5.56. The second-order valence-corrected chi connectivity index (χ2v) is 5.25. The third-order valence-corrected chi connectivity index (χ3v) is 3.75. The van der Waals surface area contributed by atoms with Crippen molar-refractivity contribution in [2.75, 3.05) is 0 Å². The van der Waals surface area contributed by atoms with Crippen molar-refractivity contribution >= 4 is 0 Å². The first kappa shape index (κ1) is 12.6. The van der Waals surface area contributed by atoms with Crippen molar-refractivity contribution < 1.29 is 0 Å². The van der Waals surface area contributed by atoms with Crippen LogP contribution in [0.15, 0.2) is 42.7 Å². The molecule has 0 radical (unpaired) electrons. The SMILES string of the molecule is Cc1cccc(-c2cnn(C3CC(/C=C/C#N)C3)c2)n1. The van der Waals surface area contributed by atoms with Crippen LogP contribution in [0.5, 0.6) is 0 Å². The molecule has 0 saturated heterocycles. The molecular formula is C16H16N4. The first-order valence-corrected chi connectivity index (χ1v) is 6.81. The summed E-state index contributed by atoms with van der Waals surface area (Å²) >= 11 is 0. The van der Waals surface area contributed by atoms with Crippen LogP contribution >= 0.6 is 0 Å². The maximum Gasteiger partial charge on any atom is 0.0908 e. The van der Waals surface area contributed by atoms with Crippen molar-refractivity contribution in [2.24, 2.45) is 5.92 Å². The van der Waals surface area contributed by atoms with Crippen molar-refractivity contribution in [3.05, 3.63) is 48.4 Å². The summed E-state index contributed by atoms with van der Waals surface area (Å²) in [6.45, 7) is 1.99. The number of aromatic nitrogens is 3. The van der Waals surface area contributed by atoms with Crippen LogP contribution in [-0.4, -0.2) is 14.8 Å². The lowest BCUT2D eigenvalue weighted by Gasteiger charge is -2.33. The first-order chi connectivity index (χ1) is 9.76. The van der Waals surface area contributed by atoms with Gasteiger partial charge in [0.25, 0.3) is 0 Å². The molecule has 20 heavy (non-hydrogen) atoms. The van der Waals surface area contributed by atoms with E-state index in [1.54, 1.807) is 6.08 Å². The number of allylic oxidation sites excluding steroid dienone is 2. The molecule has 1 fully saturated rings. The van der Waals surface area contributed by atoms with Crippen LogP contribution in [0.2, 0.25) is 0 Å². The van der Waals surface area contributed by atoms with Crippen molar-refractivity contribution in [1.82, 2.24) is 14.8 Å². The summed E-state index contributed by atoms with van der Waals surface area (Å²) in [5.74, 6) is 0.518. The molecule has 0 aliphatic heterocycles. The first-order valence-electron chi connectivity index (χ1n) is 6.81. The lowest BCUT2D eigenvalue weighted by Crippen LogP contribution is -2.25. The summed E-state index contributed by atoms with van der Waals surface area (Å²) < 4.78 is 2.02. The molecule has 2 heterocycles. The molecule has 100 valence electrons. The molecule has 1 aliphatic rings. The van der Waals surface area contributed by atoms with Gasteiger partial charge in [-0.2, -0.15) is 10.4 Å². The lowest BCUT2D eigenvalue weighted by atomic mass is 9.80. The molecule has 3 rings (SSSR count). The van der Waals surface area contributed by atoms with E-state index in [9.17, 15) is 0 Å². The van der Waals surface area contributed by atoms with E-state index in [0.717, 1.165) is 29.8 Å². The van der Waals surface area contributed by atoms with Crippen LogP contribution in [0, 0.1) is 24.2 Å². The normalized spacial score (nSPS) is 21.6. The van der Waals surface area contributed by atoms with Gasteiger partial charge in [-0.25, -0.2) is 0 Å². The molecule has 0 unspecified atom stereocenters. The van der Waals surface area contributed by atoms with E-state index >= 15 is 0 Å². The van der Waals surface area contributed by atoms with Crippen molar-refractivity contribution in [1.29, 1.82) is 5.26 Å². The van der Waals surface area contributed by atoms with Gasteiger partial charge in [0, 0.05) is 23.5 Å². The number of nitriles is 1. The van der Waals surface area contributed by atoms with Gasteiger partial charge in [0.05, 0.1) is 24.0 Å². The van der Waals surface area contributed by atoms with E-state index in [0.29, 0.717) is 12.0 Å². The zero-order chi connectivity index (χ0) is 13.9. The maximum atomic E-state index is 8.51. The fourth-order valence-corrected chi connectivity index (χ4v) is 2.56. The Balaban J connectivity index is 1.70.